The third-order valence-electron chi connectivity index (χ3n) is 2.41. The van der Waals surface area contributed by atoms with Crippen LogP contribution in [-0.2, 0) is 0 Å². The molecular formula is C11H14N2. The van der Waals surface area contributed by atoms with Crippen molar-refractivity contribution < 1.29 is 0 Å². The Morgan fingerprint density at radius 1 is 1.54 bits per heavy atom. The van der Waals surface area contributed by atoms with Gasteiger partial charge in [0, 0.05) is 24.7 Å². The second-order valence-corrected chi connectivity index (χ2v) is 3.58. The Morgan fingerprint density at radius 3 is 2.85 bits per heavy atom. The van der Waals surface area contributed by atoms with E-state index < -0.39 is 0 Å². The van der Waals surface area contributed by atoms with E-state index in [2.05, 4.69) is 29.0 Å². The minimum absolute atomic E-state index is 0.610. The Labute approximate surface area is 78.7 Å². The van der Waals surface area contributed by atoms with Crippen molar-refractivity contribution in [3.8, 4) is 0 Å². The highest BCUT2D eigenvalue weighted by molar-refractivity contribution is 5.57. The zero-order valence-electron chi connectivity index (χ0n) is 7.88. The standard InChI is InChI=1S/C11H14N2/c1-8(2)10-4-3-5-11(13-10)9-6-12-7-9/h3-5,9,12H,1,6-7H2,2H3. The van der Waals surface area contributed by atoms with Crippen LogP contribution in [-0.4, -0.2) is 18.1 Å². The summed E-state index contributed by atoms with van der Waals surface area (Å²) in [7, 11) is 0. The molecule has 2 heterocycles. The van der Waals surface area contributed by atoms with Gasteiger partial charge in [-0.05, 0) is 24.6 Å². The maximum Gasteiger partial charge on any atom is 0.0656 e. The summed E-state index contributed by atoms with van der Waals surface area (Å²) >= 11 is 0. The molecule has 0 bridgehead atoms. The molecule has 68 valence electrons. The summed E-state index contributed by atoms with van der Waals surface area (Å²) in [5, 5.41) is 3.25. The summed E-state index contributed by atoms with van der Waals surface area (Å²) in [6, 6.07) is 6.17. The van der Waals surface area contributed by atoms with Gasteiger partial charge in [0.2, 0.25) is 0 Å². The van der Waals surface area contributed by atoms with Crippen LogP contribution in [0.4, 0.5) is 0 Å². The second-order valence-electron chi connectivity index (χ2n) is 3.58. The Morgan fingerprint density at radius 2 is 2.31 bits per heavy atom. The van der Waals surface area contributed by atoms with Crippen LogP contribution < -0.4 is 5.32 Å². The summed E-state index contributed by atoms with van der Waals surface area (Å²) < 4.78 is 0. The molecule has 0 radical (unpaired) electrons. The van der Waals surface area contributed by atoms with Crippen molar-refractivity contribution in [3.05, 3.63) is 36.2 Å². The number of hydrogen-bond acceptors (Lipinski definition) is 2. The van der Waals surface area contributed by atoms with Crippen LogP contribution >= 0.6 is 0 Å². The molecule has 1 fully saturated rings. The van der Waals surface area contributed by atoms with Crippen molar-refractivity contribution in [2.75, 3.05) is 13.1 Å². The molecule has 1 aromatic rings. The molecule has 1 aliphatic rings. The molecule has 2 heteroatoms. The zero-order valence-corrected chi connectivity index (χ0v) is 7.88. The van der Waals surface area contributed by atoms with E-state index >= 15 is 0 Å². The number of nitrogens with zero attached hydrogens (tertiary/aromatic N) is 1. The van der Waals surface area contributed by atoms with Gasteiger partial charge in [0.05, 0.1) is 5.69 Å². The summed E-state index contributed by atoms with van der Waals surface area (Å²) in [6.07, 6.45) is 0. The zero-order chi connectivity index (χ0) is 9.26. The SMILES string of the molecule is C=C(C)c1cccc(C2CNC2)n1. The molecule has 1 aliphatic heterocycles. The molecule has 0 spiro atoms. The highest BCUT2D eigenvalue weighted by atomic mass is 15.0. The molecule has 13 heavy (non-hydrogen) atoms. The summed E-state index contributed by atoms with van der Waals surface area (Å²) in [5.74, 6) is 0.610. The van der Waals surface area contributed by atoms with Gasteiger partial charge in [-0.15, -0.1) is 0 Å². The lowest BCUT2D eigenvalue weighted by Gasteiger charge is -2.26. The molecule has 1 N–H and O–H groups in total. The van der Waals surface area contributed by atoms with Crippen molar-refractivity contribution in [2.24, 2.45) is 0 Å². The lowest BCUT2D eigenvalue weighted by molar-refractivity contribution is 0.439. The van der Waals surface area contributed by atoms with Crippen molar-refractivity contribution >= 4 is 5.57 Å². The van der Waals surface area contributed by atoms with Crippen molar-refractivity contribution in [1.82, 2.24) is 10.3 Å². The van der Waals surface area contributed by atoms with E-state index in [1.54, 1.807) is 0 Å². The summed E-state index contributed by atoms with van der Waals surface area (Å²) in [4.78, 5) is 4.55. The van der Waals surface area contributed by atoms with E-state index in [0.717, 1.165) is 24.4 Å². The average molecular weight is 174 g/mol. The van der Waals surface area contributed by atoms with E-state index in [-0.39, 0.29) is 0 Å². The van der Waals surface area contributed by atoms with Gasteiger partial charge in [-0.2, -0.15) is 0 Å². The van der Waals surface area contributed by atoms with Crippen LogP contribution in [0.2, 0.25) is 0 Å². The minimum Gasteiger partial charge on any atom is -0.315 e. The van der Waals surface area contributed by atoms with Crippen LogP contribution in [0.25, 0.3) is 5.57 Å². The fourth-order valence-electron chi connectivity index (χ4n) is 1.41. The molecule has 2 rings (SSSR count). The topological polar surface area (TPSA) is 24.9 Å². The number of rotatable bonds is 2. The lowest BCUT2D eigenvalue weighted by Crippen LogP contribution is -2.40. The van der Waals surface area contributed by atoms with Gasteiger partial charge in [0.1, 0.15) is 0 Å². The number of nitrogens with one attached hydrogen (secondary N) is 1. The van der Waals surface area contributed by atoms with Crippen molar-refractivity contribution in [2.45, 2.75) is 12.8 Å². The third-order valence-corrected chi connectivity index (χ3v) is 2.41. The molecule has 0 aliphatic carbocycles. The van der Waals surface area contributed by atoms with E-state index in [4.69, 9.17) is 0 Å². The van der Waals surface area contributed by atoms with Gasteiger partial charge in [-0.3, -0.25) is 4.98 Å². The Kier molecular flexibility index (Phi) is 2.15. The molecule has 0 atom stereocenters. The molecule has 1 aromatic heterocycles. The van der Waals surface area contributed by atoms with Crippen LogP contribution in [0.15, 0.2) is 24.8 Å². The fraction of sp³-hybridized carbons (Fsp3) is 0.364. The molecular weight excluding hydrogens is 160 g/mol. The quantitative estimate of drug-likeness (QED) is 0.739. The maximum atomic E-state index is 4.55. The number of allylic oxidation sites excluding steroid dienone is 1. The Bertz CT molecular complexity index is 327. The van der Waals surface area contributed by atoms with Gasteiger partial charge in [0.15, 0.2) is 0 Å². The summed E-state index contributed by atoms with van der Waals surface area (Å²) in [5.41, 5.74) is 3.25. The molecule has 0 amide bonds. The van der Waals surface area contributed by atoms with Crippen LogP contribution in [0.5, 0.6) is 0 Å². The van der Waals surface area contributed by atoms with E-state index in [1.807, 2.05) is 13.0 Å². The molecule has 0 aromatic carbocycles. The minimum atomic E-state index is 0.610. The number of hydrogen-bond donors (Lipinski definition) is 1. The maximum absolute atomic E-state index is 4.55. The van der Waals surface area contributed by atoms with Crippen LogP contribution in [0.1, 0.15) is 24.2 Å². The molecule has 1 saturated heterocycles. The van der Waals surface area contributed by atoms with Crippen LogP contribution in [0.3, 0.4) is 0 Å². The largest absolute Gasteiger partial charge is 0.315 e. The van der Waals surface area contributed by atoms with Crippen molar-refractivity contribution in [1.29, 1.82) is 0 Å². The Balaban J connectivity index is 2.26. The van der Waals surface area contributed by atoms with Crippen molar-refractivity contribution in [3.63, 3.8) is 0 Å². The van der Waals surface area contributed by atoms with E-state index in [1.165, 1.54) is 5.69 Å². The number of pyridine rings is 1. The predicted molar refractivity (Wildman–Crippen MR) is 54.6 cm³/mol. The van der Waals surface area contributed by atoms with E-state index in [9.17, 15) is 0 Å². The van der Waals surface area contributed by atoms with Crippen LogP contribution in [0, 0.1) is 0 Å². The lowest BCUT2D eigenvalue weighted by atomic mass is 9.98. The first-order chi connectivity index (χ1) is 6.27. The highest BCUT2D eigenvalue weighted by Gasteiger charge is 2.19. The smallest absolute Gasteiger partial charge is 0.0656 e. The average Bonchev–Trinajstić information content (AvgIpc) is 2.01. The van der Waals surface area contributed by atoms with Gasteiger partial charge in [-0.25, -0.2) is 0 Å². The number of aromatic nitrogens is 1. The molecule has 0 saturated carbocycles. The van der Waals surface area contributed by atoms with Gasteiger partial charge in [0.25, 0.3) is 0 Å². The van der Waals surface area contributed by atoms with Gasteiger partial charge in [-0.1, -0.05) is 12.6 Å². The third kappa shape index (κ3) is 1.63. The first-order valence-electron chi connectivity index (χ1n) is 4.61. The monoisotopic (exact) mass is 174 g/mol. The molecule has 2 nitrogen and oxygen atoms in total. The second kappa shape index (κ2) is 3.30. The van der Waals surface area contributed by atoms with E-state index in [0.29, 0.717) is 5.92 Å². The normalized spacial score (nSPS) is 16.7. The first-order valence-corrected chi connectivity index (χ1v) is 4.61. The fourth-order valence-corrected chi connectivity index (χ4v) is 1.41. The van der Waals surface area contributed by atoms with Gasteiger partial charge < -0.3 is 5.32 Å². The molecule has 0 unspecified atom stereocenters. The first kappa shape index (κ1) is 8.45. The summed E-state index contributed by atoms with van der Waals surface area (Å²) in [6.45, 7) is 8.01. The van der Waals surface area contributed by atoms with Gasteiger partial charge >= 0.3 is 0 Å². The highest BCUT2D eigenvalue weighted by Crippen LogP contribution is 2.19. The Hall–Kier alpha value is -1.15. The predicted octanol–water partition coefficient (Wildman–Crippen LogP) is 1.80.